The van der Waals surface area contributed by atoms with Gasteiger partial charge in [0.25, 0.3) is 0 Å². The monoisotopic (exact) mass is 425 g/mol. The molecule has 1 atom stereocenters. The van der Waals surface area contributed by atoms with Crippen LogP contribution in [0.4, 0.5) is 18.9 Å². The van der Waals surface area contributed by atoms with Crippen LogP contribution in [0, 0.1) is 3.57 Å². The molecule has 7 heteroatoms. The van der Waals surface area contributed by atoms with Gasteiger partial charge < -0.3 is 5.73 Å². The van der Waals surface area contributed by atoms with E-state index in [9.17, 15) is 17.4 Å². The highest BCUT2D eigenvalue weighted by Crippen LogP contribution is 2.32. The molecule has 1 unspecified atom stereocenters. The molecule has 0 fully saturated rings. The molecule has 2 N–H and O–H groups in total. The summed E-state index contributed by atoms with van der Waals surface area (Å²) in [5.41, 5.74) is 5.50. The van der Waals surface area contributed by atoms with Crippen LogP contribution in [0.5, 0.6) is 0 Å². The second kappa shape index (κ2) is 6.35. The minimum Gasteiger partial charge on any atom is -0.398 e. The van der Waals surface area contributed by atoms with Gasteiger partial charge in [-0.2, -0.15) is 13.2 Å². The molecule has 0 bridgehead atoms. The van der Waals surface area contributed by atoms with Gasteiger partial charge in [0, 0.05) is 9.26 Å². The Labute approximate surface area is 136 Å². The summed E-state index contributed by atoms with van der Waals surface area (Å²) < 4.78 is 50.9. The molecule has 0 aliphatic heterocycles. The number of rotatable bonds is 3. The zero-order valence-electron chi connectivity index (χ0n) is 10.7. The number of nitrogen functional groups attached to an aromatic ring is 1. The summed E-state index contributed by atoms with van der Waals surface area (Å²) in [7, 11) is -1.48. The van der Waals surface area contributed by atoms with Gasteiger partial charge >= 0.3 is 6.18 Å². The number of hydrogen-bond acceptors (Lipinski definition) is 2. The first-order chi connectivity index (χ1) is 9.77. The van der Waals surface area contributed by atoms with Crippen LogP contribution in [0.15, 0.2) is 47.4 Å². The quantitative estimate of drug-likeness (QED) is 0.592. The molecule has 2 nitrogen and oxygen atoms in total. The fraction of sp³-hybridized carbons (Fsp3) is 0.143. The first kappa shape index (κ1) is 16.3. The van der Waals surface area contributed by atoms with Gasteiger partial charge in [-0.15, -0.1) is 0 Å². The van der Waals surface area contributed by atoms with Gasteiger partial charge in [-0.1, -0.05) is 12.1 Å². The van der Waals surface area contributed by atoms with E-state index in [0.29, 0.717) is 0 Å². The minimum atomic E-state index is -4.45. The van der Waals surface area contributed by atoms with Crippen molar-refractivity contribution in [2.75, 3.05) is 5.73 Å². The smallest absolute Gasteiger partial charge is 0.398 e. The largest absolute Gasteiger partial charge is 0.416 e. The Balaban J connectivity index is 2.22. The molecule has 0 aliphatic rings. The zero-order valence-corrected chi connectivity index (χ0v) is 13.6. The van der Waals surface area contributed by atoms with Gasteiger partial charge in [-0.05, 0) is 58.5 Å². The maximum absolute atomic E-state index is 12.6. The van der Waals surface area contributed by atoms with E-state index in [1.54, 1.807) is 0 Å². The van der Waals surface area contributed by atoms with Crippen molar-refractivity contribution < 1.29 is 17.4 Å². The van der Waals surface area contributed by atoms with Crippen molar-refractivity contribution in [3.05, 3.63) is 57.2 Å². The minimum absolute atomic E-state index is 0.103. The molecule has 2 rings (SSSR count). The van der Waals surface area contributed by atoms with Crippen LogP contribution in [0.3, 0.4) is 0 Å². The first-order valence-corrected chi connectivity index (χ1v) is 8.26. The summed E-state index contributed by atoms with van der Waals surface area (Å²) >= 11 is 2.16. The predicted molar refractivity (Wildman–Crippen MR) is 85.1 cm³/mol. The lowest BCUT2D eigenvalue weighted by atomic mass is 10.2. The van der Waals surface area contributed by atoms with Crippen LogP contribution in [0.1, 0.15) is 11.1 Å². The Morgan fingerprint density at radius 1 is 1.10 bits per heavy atom. The van der Waals surface area contributed by atoms with E-state index < -0.39 is 22.5 Å². The number of hydrogen-bond donors (Lipinski definition) is 1. The van der Waals surface area contributed by atoms with Gasteiger partial charge in [0.1, 0.15) is 0 Å². The fourth-order valence-electron chi connectivity index (χ4n) is 1.74. The lowest BCUT2D eigenvalue weighted by Crippen LogP contribution is -2.08. The van der Waals surface area contributed by atoms with Crippen molar-refractivity contribution in [3.63, 3.8) is 0 Å². The summed E-state index contributed by atoms with van der Waals surface area (Å²) in [5, 5.41) is 0. The van der Waals surface area contributed by atoms with Gasteiger partial charge in [-0.25, -0.2) is 0 Å². The third-order valence-corrected chi connectivity index (χ3v) is 4.97. The van der Waals surface area contributed by atoms with Crippen molar-refractivity contribution in [2.24, 2.45) is 0 Å². The van der Waals surface area contributed by atoms with Crippen LogP contribution in [0.2, 0.25) is 0 Å². The molecule has 21 heavy (non-hydrogen) atoms. The Morgan fingerprint density at radius 3 is 2.24 bits per heavy atom. The number of benzene rings is 2. The van der Waals surface area contributed by atoms with Gasteiger partial charge in [0.05, 0.1) is 27.0 Å². The molecule has 0 spiro atoms. The SMILES string of the molecule is Nc1cc(C(F)(F)F)ccc1S(=O)Cc1ccc(I)cc1. The third kappa shape index (κ3) is 4.19. The fourth-order valence-corrected chi connectivity index (χ4v) is 3.29. The van der Waals surface area contributed by atoms with E-state index in [-0.39, 0.29) is 16.3 Å². The average Bonchev–Trinajstić information content (AvgIpc) is 2.40. The van der Waals surface area contributed by atoms with Crippen LogP contribution in [-0.2, 0) is 22.7 Å². The highest BCUT2D eigenvalue weighted by molar-refractivity contribution is 14.1. The summed E-state index contributed by atoms with van der Waals surface area (Å²) in [4.78, 5) is 0.224. The maximum Gasteiger partial charge on any atom is 0.416 e. The first-order valence-electron chi connectivity index (χ1n) is 5.87. The average molecular weight is 425 g/mol. The standard InChI is InChI=1S/C14H11F3INOS/c15-14(16,17)10-3-6-13(12(19)7-10)21(20)8-9-1-4-11(18)5-2-9/h1-7H,8,19H2. The van der Waals surface area contributed by atoms with E-state index in [2.05, 4.69) is 22.6 Å². The van der Waals surface area contributed by atoms with Crippen molar-refractivity contribution in [1.82, 2.24) is 0 Å². The number of halogens is 4. The van der Waals surface area contributed by atoms with Crippen molar-refractivity contribution in [2.45, 2.75) is 16.8 Å². The van der Waals surface area contributed by atoms with Crippen molar-refractivity contribution in [3.8, 4) is 0 Å². The normalized spacial score (nSPS) is 13.1. The Hall–Kier alpha value is -1.09. The molecule has 0 saturated carbocycles. The highest BCUT2D eigenvalue weighted by atomic mass is 127. The predicted octanol–water partition coefficient (Wildman–Crippen LogP) is 4.20. The molecule has 0 aliphatic carbocycles. The summed E-state index contributed by atoms with van der Waals surface area (Å²) in [6.45, 7) is 0. The van der Waals surface area contributed by atoms with E-state index in [0.717, 1.165) is 21.3 Å². The molecular weight excluding hydrogens is 414 g/mol. The van der Waals surface area contributed by atoms with E-state index in [1.807, 2.05) is 24.3 Å². The molecule has 112 valence electrons. The molecule has 2 aromatic rings. The second-order valence-electron chi connectivity index (χ2n) is 4.37. The van der Waals surface area contributed by atoms with Gasteiger partial charge in [0.15, 0.2) is 0 Å². The van der Waals surface area contributed by atoms with Crippen molar-refractivity contribution in [1.29, 1.82) is 0 Å². The van der Waals surface area contributed by atoms with E-state index in [1.165, 1.54) is 6.07 Å². The van der Waals surface area contributed by atoms with Gasteiger partial charge in [0.2, 0.25) is 0 Å². The molecule has 0 radical (unpaired) electrons. The zero-order chi connectivity index (χ0) is 15.6. The molecule has 2 aromatic carbocycles. The molecule has 0 saturated heterocycles. The number of alkyl halides is 3. The van der Waals surface area contributed by atoms with Crippen LogP contribution in [0.25, 0.3) is 0 Å². The van der Waals surface area contributed by atoms with E-state index in [4.69, 9.17) is 5.73 Å². The van der Waals surface area contributed by atoms with Crippen molar-refractivity contribution >= 4 is 39.1 Å². The second-order valence-corrected chi connectivity index (χ2v) is 7.03. The molecule has 0 aromatic heterocycles. The Bertz CT molecular complexity index is 671. The number of nitrogens with two attached hydrogens (primary N) is 1. The third-order valence-electron chi connectivity index (χ3n) is 2.79. The molecule has 0 heterocycles. The number of anilines is 1. The van der Waals surface area contributed by atoms with E-state index >= 15 is 0 Å². The summed E-state index contributed by atoms with van der Waals surface area (Å²) in [6, 6.07) is 10.3. The molecular formula is C14H11F3INOS. The lowest BCUT2D eigenvalue weighted by Gasteiger charge is -2.10. The van der Waals surface area contributed by atoms with Crippen LogP contribution in [-0.4, -0.2) is 4.21 Å². The van der Waals surface area contributed by atoms with Crippen LogP contribution >= 0.6 is 22.6 Å². The van der Waals surface area contributed by atoms with Gasteiger partial charge in [-0.3, -0.25) is 4.21 Å². The highest BCUT2D eigenvalue weighted by Gasteiger charge is 2.31. The van der Waals surface area contributed by atoms with Crippen LogP contribution < -0.4 is 5.73 Å². The summed E-state index contributed by atoms with van der Waals surface area (Å²) in [5.74, 6) is 0.215. The maximum atomic E-state index is 12.6. The summed E-state index contributed by atoms with van der Waals surface area (Å²) in [6.07, 6.45) is -4.45. The Kier molecular flexibility index (Phi) is 4.92. The molecule has 0 amide bonds. The Morgan fingerprint density at radius 2 is 1.71 bits per heavy atom. The lowest BCUT2D eigenvalue weighted by molar-refractivity contribution is -0.137. The topological polar surface area (TPSA) is 43.1 Å².